The lowest BCUT2D eigenvalue weighted by molar-refractivity contribution is 0.0525. The van der Waals surface area contributed by atoms with Crippen LogP contribution in [0, 0.1) is 0 Å². The average molecular weight is 684 g/mol. The minimum atomic E-state index is -0.590. The second-order valence-corrected chi connectivity index (χ2v) is 12.8. The minimum absolute atomic E-state index is 0.0314. The fourth-order valence-electron chi connectivity index (χ4n) is 5.05. The number of fused-ring (bicyclic) bond motifs is 2. The van der Waals surface area contributed by atoms with Crippen molar-refractivity contribution < 1.29 is 33.7 Å². The number of phenols is 1. The van der Waals surface area contributed by atoms with Crippen LogP contribution in [0.2, 0.25) is 5.02 Å². The fourth-order valence-corrected chi connectivity index (χ4v) is 5.21. The summed E-state index contributed by atoms with van der Waals surface area (Å²) in [5.74, 6) is -0.203. The van der Waals surface area contributed by atoms with Crippen LogP contribution in [-0.2, 0) is 11.2 Å². The number of amides is 2. The van der Waals surface area contributed by atoms with E-state index in [1.807, 2.05) is 54.6 Å². The Kier molecular flexibility index (Phi) is 11.2. The van der Waals surface area contributed by atoms with Gasteiger partial charge in [0, 0.05) is 28.9 Å². The quantitative estimate of drug-likeness (QED) is 0.0871. The monoisotopic (exact) mass is 683 g/mol. The first-order valence-corrected chi connectivity index (χ1v) is 16.3. The normalized spacial score (nSPS) is 11.3. The number of nitrogens with zero attached hydrogens (tertiary/aromatic N) is 1. The molecule has 0 unspecified atom stereocenters. The molecule has 5 rings (SSSR count). The van der Waals surface area contributed by atoms with Gasteiger partial charge < -0.3 is 30.0 Å². The first-order valence-electron chi connectivity index (χ1n) is 15.9. The highest BCUT2D eigenvalue weighted by Gasteiger charge is 2.20. The van der Waals surface area contributed by atoms with Crippen LogP contribution in [0.5, 0.6) is 17.4 Å². The van der Waals surface area contributed by atoms with Gasteiger partial charge in [0.1, 0.15) is 23.7 Å². The van der Waals surface area contributed by atoms with Crippen molar-refractivity contribution in [1.29, 1.82) is 0 Å². The summed E-state index contributed by atoms with van der Waals surface area (Å²) in [5, 5.41) is 18.8. The van der Waals surface area contributed by atoms with E-state index in [4.69, 9.17) is 25.8 Å². The van der Waals surface area contributed by atoms with Crippen LogP contribution in [0.4, 0.5) is 4.79 Å². The smallest absolute Gasteiger partial charge is 0.407 e. The Hall–Kier alpha value is -5.35. The number of halogens is 1. The Morgan fingerprint density at radius 2 is 1.49 bits per heavy atom. The third-order valence-electron chi connectivity index (χ3n) is 7.35. The number of pyridine rings is 1. The molecule has 11 heteroatoms. The highest BCUT2D eigenvalue weighted by molar-refractivity contribution is 6.30. The highest BCUT2D eigenvalue weighted by Crippen LogP contribution is 2.28. The molecule has 5 aromatic rings. The molecule has 0 aliphatic heterocycles. The molecule has 0 bridgehead atoms. The molecule has 1 heterocycles. The molecule has 0 aliphatic rings. The van der Waals surface area contributed by atoms with Crippen LogP contribution < -0.4 is 20.1 Å². The van der Waals surface area contributed by atoms with Gasteiger partial charge in [0.25, 0.3) is 5.91 Å². The van der Waals surface area contributed by atoms with Crippen molar-refractivity contribution in [1.82, 2.24) is 15.6 Å². The molecule has 0 saturated carbocycles. The number of Topliss-reactive ketones (excluding diaryl/α,β-unsaturated/α-hetero) is 1. The molecule has 2 amide bonds. The molecule has 0 radical (unpaired) electrons. The van der Waals surface area contributed by atoms with Crippen LogP contribution in [0.25, 0.3) is 21.7 Å². The SMILES string of the molecule is CC(C)(C)OC(=O)NCCCOc1cc2ccccc2cc1C(=O)NCCOc1nc2ccccc2cc1C(=O)Cc1ccc(Cl)cc1O. The van der Waals surface area contributed by atoms with Crippen molar-refractivity contribution in [2.24, 2.45) is 0 Å². The van der Waals surface area contributed by atoms with E-state index in [1.54, 1.807) is 45.0 Å². The number of ether oxygens (including phenoxy) is 3. The van der Waals surface area contributed by atoms with Crippen molar-refractivity contribution in [2.75, 3.05) is 26.3 Å². The largest absolute Gasteiger partial charge is 0.508 e. The zero-order valence-corrected chi connectivity index (χ0v) is 28.3. The molecule has 49 heavy (non-hydrogen) atoms. The van der Waals surface area contributed by atoms with Crippen molar-refractivity contribution in [3.63, 3.8) is 0 Å². The van der Waals surface area contributed by atoms with Gasteiger partial charge in [-0.3, -0.25) is 9.59 Å². The molecule has 0 saturated heterocycles. The van der Waals surface area contributed by atoms with Gasteiger partial charge in [-0.25, -0.2) is 9.78 Å². The molecular formula is C38H38ClN3O7. The molecule has 0 spiro atoms. The second-order valence-electron chi connectivity index (χ2n) is 12.3. The van der Waals surface area contributed by atoms with E-state index in [2.05, 4.69) is 15.6 Å². The van der Waals surface area contributed by atoms with Gasteiger partial charge in [-0.15, -0.1) is 0 Å². The summed E-state index contributed by atoms with van der Waals surface area (Å²) < 4.78 is 17.2. The van der Waals surface area contributed by atoms with Gasteiger partial charge in [0.05, 0.1) is 29.8 Å². The summed E-state index contributed by atoms with van der Waals surface area (Å²) >= 11 is 5.96. The number of nitrogens with one attached hydrogen (secondary N) is 2. The van der Waals surface area contributed by atoms with Gasteiger partial charge >= 0.3 is 6.09 Å². The second kappa shape index (κ2) is 15.7. The first-order chi connectivity index (χ1) is 23.5. The Morgan fingerprint density at radius 3 is 2.22 bits per heavy atom. The lowest BCUT2D eigenvalue weighted by Crippen LogP contribution is -2.33. The zero-order chi connectivity index (χ0) is 35.0. The van der Waals surface area contributed by atoms with E-state index in [1.165, 1.54) is 6.07 Å². The number of phenolic OH excluding ortho intramolecular Hbond substituents is 1. The van der Waals surface area contributed by atoms with Crippen LogP contribution in [-0.4, -0.2) is 59.8 Å². The summed E-state index contributed by atoms with van der Waals surface area (Å²) in [5.41, 5.74) is 1.08. The number of benzene rings is 4. The summed E-state index contributed by atoms with van der Waals surface area (Å²) in [4.78, 5) is 43.4. The summed E-state index contributed by atoms with van der Waals surface area (Å²) in [6.45, 7) is 6.14. The number of para-hydroxylation sites is 1. The van der Waals surface area contributed by atoms with Crippen molar-refractivity contribution in [3.8, 4) is 17.4 Å². The fraction of sp³-hybridized carbons (Fsp3) is 0.263. The molecule has 254 valence electrons. The average Bonchev–Trinajstić information content (AvgIpc) is 3.06. The predicted octanol–water partition coefficient (Wildman–Crippen LogP) is 7.27. The van der Waals surface area contributed by atoms with Crippen molar-refractivity contribution in [2.45, 2.75) is 39.2 Å². The van der Waals surface area contributed by atoms with E-state index in [-0.39, 0.29) is 55.1 Å². The Bertz CT molecular complexity index is 1990. The standard InChI is InChI=1S/C38H38ClN3O7/c1-38(2,3)49-37(46)41-15-8-17-47-34-22-25-10-5-4-9-24(25)19-30(34)35(45)40-16-18-48-36-29(20-26-11-6-7-12-31(26)42-36)33(44)21-27-13-14-28(39)23-32(27)43/h4-7,9-14,19-20,22-23,43H,8,15-18,21H2,1-3H3,(H,40,45)(H,41,46). The molecule has 0 atom stereocenters. The minimum Gasteiger partial charge on any atom is -0.508 e. The number of carbonyl (C=O) groups excluding carboxylic acids is 3. The molecule has 1 aromatic heterocycles. The summed E-state index contributed by atoms with van der Waals surface area (Å²) in [6.07, 6.45) is -0.0900. The molecule has 3 N–H and O–H groups in total. The van der Waals surface area contributed by atoms with Gasteiger partial charge in [-0.1, -0.05) is 60.1 Å². The number of rotatable bonds is 13. The molecule has 0 fully saturated rings. The lowest BCUT2D eigenvalue weighted by Gasteiger charge is -2.19. The topological polar surface area (TPSA) is 136 Å². The Balaban J connectivity index is 1.24. The number of hydrogen-bond acceptors (Lipinski definition) is 8. The van der Waals surface area contributed by atoms with E-state index in [0.29, 0.717) is 40.4 Å². The van der Waals surface area contributed by atoms with Gasteiger partial charge in [0.2, 0.25) is 5.88 Å². The maximum Gasteiger partial charge on any atom is 0.407 e. The number of aromatic nitrogens is 1. The van der Waals surface area contributed by atoms with E-state index >= 15 is 0 Å². The summed E-state index contributed by atoms with van der Waals surface area (Å²) in [7, 11) is 0. The van der Waals surface area contributed by atoms with Crippen LogP contribution >= 0.6 is 11.6 Å². The number of alkyl carbamates (subject to hydrolysis) is 1. The number of carbonyl (C=O) groups is 3. The van der Waals surface area contributed by atoms with Crippen molar-refractivity contribution in [3.05, 3.63) is 107 Å². The van der Waals surface area contributed by atoms with Crippen LogP contribution in [0.15, 0.2) is 84.9 Å². The lowest BCUT2D eigenvalue weighted by atomic mass is 10.0. The van der Waals surface area contributed by atoms with Crippen molar-refractivity contribution >= 4 is 51.1 Å². The van der Waals surface area contributed by atoms with E-state index in [9.17, 15) is 19.5 Å². The molecule has 10 nitrogen and oxygen atoms in total. The Morgan fingerprint density at radius 1 is 0.796 bits per heavy atom. The highest BCUT2D eigenvalue weighted by atomic mass is 35.5. The molecule has 4 aromatic carbocycles. The van der Waals surface area contributed by atoms with Gasteiger partial charge in [-0.05, 0) is 74.4 Å². The predicted molar refractivity (Wildman–Crippen MR) is 189 cm³/mol. The van der Waals surface area contributed by atoms with E-state index in [0.717, 1.165) is 16.2 Å². The number of hydrogen-bond donors (Lipinski definition) is 3. The maximum atomic E-state index is 13.4. The number of ketones is 1. The van der Waals surface area contributed by atoms with E-state index < -0.39 is 11.7 Å². The molecular weight excluding hydrogens is 646 g/mol. The third kappa shape index (κ3) is 9.61. The molecule has 0 aliphatic carbocycles. The van der Waals surface area contributed by atoms with Gasteiger partial charge in [0.15, 0.2) is 5.78 Å². The zero-order valence-electron chi connectivity index (χ0n) is 27.5. The van der Waals surface area contributed by atoms with Gasteiger partial charge in [-0.2, -0.15) is 0 Å². The van der Waals surface area contributed by atoms with Crippen LogP contribution in [0.1, 0.15) is 53.5 Å². The Labute approximate surface area is 289 Å². The first kappa shape index (κ1) is 35.0. The maximum absolute atomic E-state index is 13.4. The summed E-state index contributed by atoms with van der Waals surface area (Å²) in [6, 6.07) is 24.9. The number of aromatic hydroxyl groups is 1. The van der Waals surface area contributed by atoms with Crippen LogP contribution in [0.3, 0.4) is 0 Å². The third-order valence-corrected chi connectivity index (χ3v) is 7.59.